The van der Waals surface area contributed by atoms with Crippen LogP contribution in [-0.4, -0.2) is 32.6 Å². The Labute approximate surface area is 218 Å². The van der Waals surface area contributed by atoms with Crippen molar-refractivity contribution in [2.24, 2.45) is 0 Å². The van der Waals surface area contributed by atoms with E-state index in [0.717, 1.165) is 34.3 Å². The summed E-state index contributed by atoms with van der Waals surface area (Å²) < 4.78 is 5.57. The number of hydrogen-bond acceptors (Lipinski definition) is 6. The lowest BCUT2D eigenvalue weighted by molar-refractivity contribution is 0.0504. The number of imidazole rings is 1. The fourth-order valence-electron chi connectivity index (χ4n) is 4.87. The fourth-order valence-corrected chi connectivity index (χ4v) is 4.87. The van der Waals surface area contributed by atoms with Gasteiger partial charge in [0.05, 0.1) is 27.8 Å². The highest BCUT2D eigenvalue weighted by molar-refractivity contribution is 6.07. The number of aliphatic hydroxyl groups is 1. The summed E-state index contributed by atoms with van der Waals surface area (Å²) in [5.74, 6) is -0.734. The number of nitriles is 1. The lowest BCUT2D eigenvalue weighted by Crippen LogP contribution is -2.13. The second kappa shape index (κ2) is 9.68. The molecule has 5 aromatic rings. The SMILES string of the molecule is N#C/C(=C(/O)COC(=O)c1c2c(nc3ccccc13)C(=Cc1ccccc1)CC2)c1nc2ccccc2[nH]1. The van der Waals surface area contributed by atoms with E-state index >= 15 is 0 Å². The predicted molar refractivity (Wildman–Crippen MR) is 146 cm³/mol. The standard InChI is InChI=1S/C31H22N4O3/c32-17-23(30-34-25-12-6-7-13-26(25)35-30)27(36)18-38-31(37)28-21-10-4-5-11-24(21)33-29-20(14-15-22(28)29)16-19-8-2-1-3-9-19/h1-13,16,36H,14-15,18H2,(H,34,35)/b20-16?,27-23-. The molecule has 0 radical (unpaired) electrons. The first kappa shape index (κ1) is 23.2. The number of nitrogens with zero attached hydrogens (tertiary/aromatic N) is 3. The van der Waals surface area contributed by atoms with Crippen LogP contribution in [0.2, 0.25) is 0 Å². The summed E-state index contributed by atoms with van der Waals surface area (Å²) in [4.78, 5) is 25.7. The third-order valence-corrected chi connectivity index (χ3v) is 6.65. The summed E-state index contributed by atoms with van der Waals surface area (Å²) in [7, 11) is 0. The monoisotopic (exact) mass is 498 g/mol. The lowest BCUT2D eigenvalue weighted by Gasteiger charge is -2.12. The normalized spacial score (nSPS) is 14.3. The Morgan fingerprint density at radius 2 is 1.71 bits per heavy atom. The summed E-state index contributed by atoms with van der Waals surface area (Å²) >= 11 is 0. The van der Waals surface area contributed by atoms with Gasteiger partial charge in [0.1, 0.15) is 18.2 Å². The third kappa shape index (κ3) is 4.18. The van der Waals surface area contributed by atoms with Crippen molar-refractivity contribution >= 4 is 45.1 Å². The van der Waals surface area contributed by atoms with Gasteiger partial charge < -0.3 is 14.8 Å². The molecule has 3 aromatic carbocycles. The number of para-hydroxylation sites is 3. The van der Waals surface area contributed by atoms with E-state index in [2.05, 4.69) is 16.0 Å². The van der Waals surface area contributed by atoms with E-state index in [1.165, 1.54) is 0 Å². The summed E-state index contributed by atoms with van der Waals surface area (Å²) in [5.41, 5.74) is 6.21. The Kier molecular flexibility index (Phi) is 5.91. The maximum atomic E-state index is 13.5. The highest BCUT2D eigenvalue weighted by Crippen LogP contribution is 2.38. The maximum absolute atomic E-state index is 13.5. The van der Waals surface area contributed by atoms with E-state index in [-0.39, 0.29) is 17.2 Å². The second-order valence-corrected chi connectivity index (χ2v) is 9.02. The zero-order chi connectivity index (χ0) is 26.1. The smallest absolute Gasteiger partial charge is 0.339 e. The number of nitrogens with one attached hydrogen (secondary N) is 1. The van der Waals surface area contributed by atoms with Crippen molar-refractivity contribution < 1.29 is 14.6 Å². The molecule has 2 N–H and O–H groups in total. The van der Waals surface area contributed by atoms with Crippen molar-refractivity contribution in [3.63, 3.8) is 0 Å². The van der Waals surface area contributed by atoms with Crippen LogP contribution in [-0.2, 0) is 11.2 Å². The lowest BCUT2D eigenvalue weighted by atomic mass is 10.0. The van der Waals surface area contributed by atoms with Crippen LogP contribution in [0.1, 0.15) is 39.4 Å². The van der Waals surface area contributed by atoms with Gasteiger partial charge in [0, 0.05) is 5.39 Å². The van der Waals surface area contributed by atoms with Gasteiger partial charge >= 0.3 is 5.97 Å². The highest BCUT2D eigenvalue weighted by atomic mass is 16.5. The van der Waals surface area contributed by atoms with Gasteiger partial charge in [-0.3, -0.25) is 0 Å². The number of carbonyl (C=O) groups excluding carboxylic acids is 1. The summed E-state index contributed by atoms with van der Waals surface area (Å²) in [6.07, 6.45) is 3.51. The molecule has 0 bridgehead atoms. The van der Waals surface area contributed by atoms with E-state index in [1.807, 2.05) is 78.9 Å². The number of allylic oxidation sites excluding steroid dienone is 2. The molecule has 0 fully saturated rings. The van der Waals surface area contributed by atoms with E-state index in [1.54, 1.807) is 6.07 Å². The van der Waals surface area contributed by atoms with Crippen molar-refractivity contribution in [3.8, 4) is 6.07 Å². The molecule has 38 heavy (non-hydrogen) atoms. The molecule has 0 atom stereocenters. The number of rotatable bonds is 5. The molecule has 1 aliphatic carbocycles. The molecule has 2 aromatic heterocycles. The van der Waals surface area contributed by atoms with Crippen molar-refractivity contribution in [2.45, 2.75) is 12.8 Å². The quantitative estimate of drug-likeness (QED) is 0.168. The zero-order valence-corrected chi connectivity index (χ0v) is 20.3. The first-order valence-electron chi connectivity index (χ1n) is 12.2. The van der Waals surface area contributed by atoms with Gasteiger partial charge in [-0.2, -0.15) is 5.26 Å². The molecule has 0 unspecified atom stereocenters. The van der Waals surface area contributed by atoms with Gasteiger partial charge in [-0.15, -0.1) is 0 Å². The van der Waals surface area contributed by atoms with Crippen LogP contribution in [0.4, 0.5) is 0 Å². The van der Waals surface area contributed by atoms with E-state index in [0.29, 0.717) is 28.4 Å². The van der Waals surface area contributed by atoms with Gasteiger partial charge in [-0.1, -0.05) is 60.7 Å². The van der Waals surface area contributed by atoms with Crippen LogP contribution in [0.25, 0.3) is 39.2 Å². The molecule has 7 heteroatoms. The van der Waals surface area contributed by atoms with Crippen molar-refractivity contribution in [3.05, 3.63) is 113 Å². The van der Waals surface area contributed by atoms with Crippen LogP contribution in [0.3, 0.4) is 0 Å². The topological polar surface area (TPSA) is 112 Å². The number of esters is 1. The average molecular weight is 499 g/mol. The molecule has 0 spiro atoms. The number of aromatic amines is 1. The number of ether oxygens (including phenoxy) is 1. The number of benzene rings is 3. The predicted octanol–water partition coefficient (Wildman–Crippen LogP) is 6.25. The first-order valence-corrected chi connectivity index (χ1v) is 12.2. The number of pyridine rings is 1. The third-order valence-electron chi connectivity index (χ3n) is 6.65. The molecular formula is C31H22N4O3. The van der Waals surface area contributed by atoms with Crippen molar-refractivity contribution in [1.29, 1.82) is 5.26 Å². The van der Waals surface area contributed by atoms with E-state index in [4.69, 9.17) is 9.72 Å². The molecule has 1 aliphatic rings. The average Bonchev–Trinajstić information content (AvgIpc) is 3.55. The summed E-state index contributed by atoms with van der Waals surface area (Å²) in [6, 6.07) is 26.8. The molecular weight excluding hydrogens is 476 g/mol. The van der Waals surface area contributed by atoms with Gasteiger partial charge in [0.2, 0.25) is 0 Å². The number of hydrogen-bond donors (Lipinski definition) is 2. The maximum Gasteiger partial charge on any atom is 0.339 e. The number of carbonyl (C=O) groups is 1. The second-order valence-electron chi connectivity index (χ2n) is 9.02. The van der Waals surface area contributed by atoms with Crippen LogP contribution >= 0.6 is 0 Å². The van der Waals surface area contributed by atoms with Gasteiger partial charge in [-0.25, -0.2) is 14.8 Å². The van der Waals surface area contributed by atoms with Gasteiger partial charge in [0.15, 0.2) is 11.6 Å². The van der Waals surface area contributed by atoms with E-state index < -0.39 is 12.6 Å². The fraction of sp³-hybridized carbons (Fsp3) is 0.0968. The van der Waals surface area contributed by atoms with Crippen molar-refractivity contribution in [1.82, 2.24) is 15.0 Å². The molecule has 0 saturated carbocycles. The highest BCUT2D eigenvalue weighted by Gasteiger charge is 2.28. The molecule has 0 saturated heterocycles. The molecule has 6 rings (SSSR count). The number of fused-ring (bicyclic) bond motifs is 3. The van der Waals surface area contributed by atoms with Crippen LogP contribution in [0.5, 0.6) is 0 Å². The van der Waals surface area contributed by atoms with Crippen molar-refractivity contribution in [2.75, 3.05) is 6.61 Å². The molecule has 2 heterocycles. The number of H-pyrrole nitrogens is 1. The summed E-state index contributed by atoms with van der Waals surface area (Å²) in [6.45, 7) is -0.461. The Morgan fingerprint density at radius 1 is 0.974 bits per heavy atom. The molecule has 184 valence electrons. The number of aliphatic hydroxyl groups excluding tert-OH is 1. The van der Waals surface area contributed by atoms with Gasteiger partial charge in [0.25, 0.3) is 0 Å². The van der Waals surface area contributed by atoms with Crippen LogP contribution in [0.15, 0.2) is 84.6 Å². The Balaban J connectivity index is 1.34. The van der Waals surface area contributed by atoms with Crippen LogP contribution in [0, 0.1) is 11.3 Å². The number of aromatic nitrogens is 3. The minimum Gasteiger partial charge on any atom is -0.507 e. The molecule has 0 amide bonds. The Hall–Kier alpha value is -5.22. The first-order chi connectivity index (χ1) is 18.6. The zero-order valence-electron chi connectivity index (χ0n) is 20.3. The minimum atomic E-state index is -0.575. The largest absolute Gasteiger partial charge is 0.507 e. The Bertz CT molecular complexity index is 1780. The van der Waals surface area contributed by atoms with E-state index in [9.17, 15) is 15.2 Å². The summed E-state index contributed by atoms with van der Waals surface area (Å²) in [5, 5.41) is 21.1. The Morgan fingerprint density at radius 3 is 2.50 bits per heavy atom. The molecule has 7 nitrogen and oxygen atoms in total. The minimum absolute atomic E-state index is 0.0769. The van der Waals surface area contributed by atoms with Crippen LogP contribution < -0.4 is 0 Å². The molecule has 0 aliphatic heterocycles. The van der Waals surface area contributed by atoms with Gasteiger partial charge in [-0.05, 0) is 53.8 Å².